The Hall–Kier alpha value is -2.55. The fourth-order valence-electron chi connectivity index (χ4n) is 4.07. The monoisotopic (exact) mass is 346 g/mol. The molecule has 1 aliphatic carbocycles. The van der Waals surface area contributed by atoms with Gasteiger partial charge >= 0.3 is 0 Å². The number of rotatable bonds is 5. The van der Waals surface area contributed by atoms with Crippen LogP contribution < -0.4 is 5.32 Å². The molecule has 134 valence electrons. The summed E-state index contributed by atoms with van der Waals surface area (Å²) in [5.74, 6) is 0.137. The van der Waals surface area contributed by atoms with Crippen LogP contribution in [0.4, 0.5) is 0 Å². The van der Waals surface area contributed by atoms with E-state index in [0.717, 1.165) is 16.8 Å². The van der Waals surface area contributed by atoms with E-state index in [1.54, 1.807) is 0 Å². The van der Waals surface area contributed by atoms with Gasteiger partial charge < -0.3 is 10.2 Å². The smallest absolute Gasteiger partial charge is 0.256 e. The maximum atomic E-state index is 13.2. The van der Waals surface area contributed by atoms with E-state index in [0.29, 0.717) is 19.1 Å². The van der Waals surface area contributed by atoms with Crippen LogP contribution in [0.2, 0.25) is 0 Å². The van der Waals surface area contributed by atoms with E-state index in [1.807, 2.05) is 53.4 Å². The van der Waals surface area contributed by atoms with Crippen LogP contribution in [0, 0.1) is 0 Å². The summed E-state index contributed by atoms with van der Waals surface area (Å²) in [5, 5.41) is 3.73. The molecule has 0 aromatic heterocycles. The third-order valence-electron chi connectivity index (χ3n) is 5.41. The summed E-state index contributed by atoms with van der Waals surface area (Å²) in [6.07, 6.45) is 6.32. The topological polar surface area (TPSA) is 32.3 Å². The van der Waals surface area contributed by atoms with E-state index in [-0.39, 0.29) is 5.91 Å². The molecule has 0 spiro atoms. The number of carbonyl (C=O) groups excluding carboxylic acids is 1. The second-order valence-electron chi connectivity index (χ2n) is 7.35. The van der Waals surface area contributed by atoms with Crippen molar-refractivity contribution in [1.29, 1.82) is 0 Å². The number of carbonyl (C=O) groups is 1. The Morgan fingerprint density at radius 1 is 0.885 bits per heavy atom. The first kappa shape index (κ1) is 16.9. The van der Waals surface area contributed by atoms with Gasteiger partial charge in [0.15, 0.2) is 0 Å². The first-order valence-electron chi connectivity index (χ1n) is 9.69. The maximum absolute atomic E-state index is 13.2. The van der Waals surface area contributed by atoms with Gasteiger partial charge in [0.25, 0.3) is 5.91 Å². The molecule has 0 radical (unpaired) electrons. The Kier molecular flexibility index (Phi) is 5.05. The van der Waals surface area contributed by atoms with Crippen LogP contribution in [-0.4, -0.2) is 23.4 Å². The molecule has 1 N–H and O–H groups in total. The second kappa shape index (κ2) is 7.77. The summed E-state index contributed by atoms with van der Waals surface area (Å²) in [4.78, 5) is 15.2. The molecule has 1 amide bonds. The summed E-state index contributed by atoms with van der Waals surface area (Å²) < 4.78 is 0. The highest BCUT2D eigenvalue weighted by Gasteiger charge is 2.32. The third-order valence-corrected chi connectivity index (χ3v) is 5.41. The average Bonchev–Trinajstić information content (AvgIpc) is 2.99. The van der Waals surface area contributed by atoms with Gasteiger partial charge in [-0.15, -0.1) is 0 Å². The maximum Gasteiger partial charge on any atom is 0.256 e. The highest BCUT2D eigenvalue weighted by atomic mass is 16.2. The number of benzene rings is 2. The van der Waals surface area contributed by atoms with Crippen LogP contribution in [-0.2, 0) is 11.3 Å². The van der Waals surface area contributed by atoms with Crippen molar-refractivity contribution in [1.82, 2.24) is 10.2 Å². The molecular weight excluding hydrogens is 320 g/mol. The molecular formula is C23H26N2O. The minimum atomic E-state index is 0.137. The van der Waals surface area contributed by atoms with E-state index >= 15 is 0 Å². The fraction of sp³-hybridized carbons (Fsp3) is 0.348. The largest absolute Gasteiger partial charge is 0.383 e. The molecule has 3 heteroatoms. The summed E-state index contributed by atoms with van der Waals surface area (Å²) >= 11 is 0. The zero-order valence-corrected chi connectivity index (χ0v) is 15.2. The number of nitrogens with zero attached hydrogens (tertiary/aromatic N) is 1. The van der Waals surface area contributed by atoms with Gasteiger partial charge in [-0.05, 0) is 24.0 Å². The molecule has 4 rings (SSSR count). The molecule has 0 saturated heterocycles. The molecule has 0 bridgehead atoms. The Bertz CT molecular complexity index is 776. The van der Waals surface area contributed by atoms with Gasteiger partial charge in [-0.1, -0.05) is 79.9 Å². The summed E-state index contributed by atoms with van der Waals surface area (Å²) in [5.41, 5.74) is 4.15. The Morgan fingerprint density at radius 3 is 2.23 bits per heavy atom. The molecule has 0 atom stereocenters. The van der Waals surface area contributed by atoms with Crippen LogP contribution in [0.1, 0.15) is 43.2 Å². The van der Waals surface area contributed by atoms with Crippen molar-refractivity contribution in [2.75, 3.05) is 6.54 Å². The standard InChI is InChI=1S/C23H26N2O/c26-23-22(19-12-6-2-7-13-19)21(24-20-14-8-3-9-15-20)17-25(23)16-18-10-4-1-5-11-18/h1-2,4-7,10-13,20,24H,3,8-9,14-17H2. The minimum absolute atomic E-state index is 0.137. The van der Waals surface area contributed by atoms with Crippen molar-refractivity contribution in [2.24, 2.45) is 0 Å². The predicted octanol–water partition coefficient (Wildman–Crippen LogP) is 4.36. The molecule has 1 heterocycles. The van der Waals surface area contributed by atoms with Crippen molar-refractivity contribution >= 4 is 11.5 Å². The zero-order chi connectivity index (χ0) is 17.8. The first-order chi connectivity index (χ1) is 12.8. The number of amides is 1. The summed E-state index contributed by atoms with van der Waals surface area (Å²) in [6, 6.07) is 20.8. The SMILES string of the molecule is O=C1C(c2ccccc2)=C(NC2CCCCC2)CN1Cc1ccccc1. The van der Waals surface area contributed by atoms with Crippen LogP contribution in [0.25, 0.3) is 5.57 Å². The van der Waals surface area contributed by atoms with E-state index in [1.165, 1.54) is 37.7 Å². The normalized spacial score (nSPS) is 18.5. The molecule has 1 fully saturated rings. The first-order valence-corrected chi connectivity index (χ1v) is 9.69. The van der Waals surface area contributed by atoms with Crippen molar-refractivity contribution < 1.29 is 4.79 Å². The van der Waals surface area contributed by atoms with Crippen LogP contribution in [0.5, 0.6) is 0 Å². The predicted molar refractivity (Wildman–Crippen MR) is 105 cm³/mol. The molecule has 2 aliphatic rings. The highest BCUT2D eigenvalue weighted by Crippen LogP contribution is 2.29. The van der Waals surface area contributed by atoms with Crippen molar-refractivity contribution in [2.45, 2.75) is 44.7 Å². The summed E-state index contributed by atoms with van der Waals surface area (Å²) in [7, 11) is 0. The lowest BCUT2D eigenvalue weighted by Gasteiger charge is -2.25. The van der Waals surface area contributed by atoms with Gasteiger partial charge in [-0.3, -0.25) is 4.79 Å². The van der Waals surface area contributed by atoms with Gasteiger partial charge in [0, 0.05) is 18.3 Å². The van der Waals surface area contributed by atoms with Crippen LogP contribution in [0.15, 0.2) is 66.4 Å². The van der Waals surface area contributed by atoms with Crippen LogP contribution in [0.3, 0.4) is 0 Å². The van der Waals surface area contributed by atoms with Gasteiger partial charge in [-0.25, -0.2) is 0 Å². The molecule has 2 aromatic carbocycles. The van der Waals surface area contributed by atoms with Crippen molar-refractivity contribution in [3.63, 3.8) is 0 Å². The lowest BCUT2D eigenvalue weighted by molar-refractivity contribution is -0.124. The lowest BCUT2D eigenvalue weighted by Crippen LogP contribution is -2.33. The lowest BCUT2D eigenvalue weighted by atomic mass is 9.95. The van der Waals surface area contributed by atoms with E-state index < -0.39 is 0 Å². The number of hydrogen-bond donors (Lipinski definition) is 1. The number of nitrogens with one attached hydrogen (secondary N) is 1. The molecule has 3 nitrogen and oxygen atoms in total. The molecule has 0 unspecified atom stereocenters. The van der Waals surface area contributed by atoms with Crippen molar-refractivity contribution in [3.05, 3.63) is 77.5 Å². The van der Waals surface area contributed by atoms with Gasteiger partial charge in [0.2, 0.25) is 0 Å². The molecule has 26 heavy (non-hydrogen) atoms. The molecule has 2 aromatic rings. The number of hydrogen-bond acceptors (Lipinski definition) is 2. The van der Waals surface area contributed by atoms with Gasteiger partial charge in [-0.2, -0.15) is 0 Å². The van der Waals surface area contributed by atoms with E-state index in [2.05, 4.69) is 17.4 Å². The Morgan fingerprint density at radius 2 is 1.54 bits per heavy atom. The zero-order valence-electron chi connectivity index (χ0n) is 15.2. The highest BCUT2D eigenvalue weighted by molar-refractivity contribution is 6.22. The Balaban J connectivity index is 1.59. The van der Waals surface area contributed by atoms with Gasteiger partial charge in [0.1, 0.15) is 0 Å². The molecule has 1 aliphatic heterocycles. The summed E-state index contributed by atoms with van der Waals surface area (Å²) in [6.45, 7) is 1.33. The Labute approximate surface area is 155 Å². The third kappa shape index (κ3) is 3.67. The van der Waals surface area contributed by atoms with Gasteiger partial charge in [0.05, 0.1) is 12.1 Å². The average molecular weight is 346 g/mol. The quantitative estimate of drug-likeness (QED) is 0.872. The fourth-order valence-corrected chi connectivity index (χ4v) is 4.07. The van der Waals surface area contributed by atoms with Crippen molar-refractivity contribution in [3.8, 4) is 0 Å². The molecule has 1 saturated carbocycles. The van der Waals surface area contributed by atoms with Crippen LogP contribution >= 0.6 is 0 Å². The van der Waals surface area contributed by atoms with E-state index in [9.17, 15) is 4.79 Å². The van der Waals surface area contributed by atoms with E-state index in [4.69, 9.17) is 0 Å². The minimum Gasteiger partial charge on any atom is -0.383 e. The second-order valence-corrected chi connectivity index (χ2v) is 7.35.